The lowest BCUT2D eigenvalue weighted by molar-refractivity contribution is -0.133. The molecule has 0 spiro atoms. The van der Waals surface area contributed by atoms with Gasteiger partial charge in [-0.1, -0.05) is 0 Å². The molecule has 5 rings (SSSR count). The number of halogens is 2. The number of hydrogen-bond acceptors (Lipinski definition) is 8. The molecule has 0 radical (unpaired) electrons. The Morgan fingerprint density at radius 1 is 1.15 bits per heavy atom. The number of benzene rings is 1. The molecule has 216 valence electrons. The van der Waals surface area contributed by atoms with Gasteiger partial charge in [0, 0.05) is 63.8 Å². The maximum atomic E-state index is 15.1. The van der Waals surface area contributed by atoms with Gasteiger partial charge in [0.1, 0.15) is 23.5 Å². The Bertz CT molecular complexity index is 1450. The van der Waals surface area contributed by atoms with E-state index in [1.165, 1.54) is 22.9 Å². The topological polar surface area (TPSA) is 141 Å². The van der Waals surface area contributed by atoms with Gasteiger partial charge in [-0.05, 0) is 13.0 Å². The van der Waals surface area contributed by atoms with Crippen LogP contribution >= 0.6 is 0 Å². The predicted octanol–water partition coefficient (Wildman–Crippen LogP) is 0.936. The Hall–Kier alpha value is -4.82. The lowest BCUT2D eigenvalue weighted by atomic mass is 10.1. The predicted molar refractivity (Wildman–Crippen MR) is 141 cm³/mol. The average molecular weight is 571 g/mol. The van der Waals surface area contributed by atoms with Crippen LogP contribution < -0.4 is 20.4 Å². The smallest absolute Gasteiger partial charge is 0.414 e. The van der Waals surface area contributed by atoms with Gasteiger partial charge in [0.15, 0.2) is 11.6 Å². The maximum absolute atomic E-state index is 15.1. The Kier molecular flexibility index (Phi) is 7.68. The molecule has 2 aliphatic heterocycles. The molecule has 13 nitrogen and oxygen atoms in total. The summed E-state index contributed by atoms with van der Waals surface area (Å²) < 4.78 is 37.0. The molecule has 4 amide bonds. The van der Waals surface area contributed by atoms with E-state index in [1.54, 1.807) is 29.8 Å². The van der Waals surface area contributed by atoms with Crippen molar-refractivity contribution in [3.63, 3.8) is 0 Å². The van der Waals surface area contributed by atoms with E-state index in [0.29, 0.717) is 5.78 Å². The van der Waals surface area contributed by atoms with Gasteiger partial charge in [-0.2, -0.15) is 0 Å². The molecular formula is C26H28F2N8O5. The number of amides is 4. The van der Waals surface area contributed by atoms with E-state index in [1.807, 2.05) is 0 Å². The van der Waals surface area contributed by atoms with Gasteiger partial charge >= 0.3 is 6.09 Å². The molecule has 2 atom stereocenters. The third kappa shape index (κ3) is 5.88. The van der Waals surface area contributed by atoms with E-state index in [2.05, 4.69) is 20.6 Å². The fourth-order valence-corrected chi connectivity index (χ4v) is 4.80. The summed E-state index contributed by atoms with van der Waals surface area (Å²) in [6.45, 7) is 3.68. The molecular weight excluding hydrogens is 542 g/mol. The van der Waals surface area contributed by atoms with Crippen LogP contribution in [0, 0.1) is 11.6 Å². The zero-order chi connectivity index (χ0) is 29.3. The minimum absolute atomic E-state index is 0.00107. The SMILES string of the molecule is CC(=O)NCC1CN(c2cc(F)c(N3CCN(C(=O)C(C)NC(=O)c4cn5cccnc5n4)CC3)c(F)c2)C(=O)O1. The number of fused-ring (bicyclic) bond motifs is 1. The van der Waals surface area contributed by atoms with Crippen molar-refractivity contribution in [3.8, 4) is 0 Å². The highest BCUT2D eigenvalue weighted by molar-refractivity contribution is 5.96. The Balaban J connectivity index is 1.17. The van der Waals surface area contributed by atoms with Crippen LogP contribution in [0.5, 0.6) is 0 Å². The molecule has 2 saturated heterocycles. The number of hydrogen-bond donors (Lipinski definition) is 2. The number of nitrogens with zero attached hydrogens (tertiary/aromatic N) is 6. The molecule has 2 unspecified atom stereocenters. The van der Waals surface area contributed by atoms with E-state index in [4.69, 9.17) is 4.74 Å². The van der Waals surface area contributed by atoms with E-state index in [0.717, 1.165) is 17.0 Å². The fraction of sp³-hybridized carbons (Fsp3) is 0.385. The highest BCUT2D eigenvalue weighted by atomic mass is 19.1. The summed E-state index contributed by atoms with van der Waals surface area (Å²) in [5.41, 5.74) is -0.142. The van der Waals surface area contributed by atoms with Crippen molar-refractivity contribution < 1.29 is 32.7 Å². The highest BCUT2D eigenvalue weighted by Crippen LogP contribution is 2.31. The lowest BCUT2D eigenvalue weighted by Crippen LogP contribution is -2.54. The van der Waals surface area contributed by atoms with Crippen molar-refractivity contribution >= 4 is 41.0 Å². The summed E-state index contributed by atoms with van der Waals surface area (Å²) in [5, 5.41) is 5.18. The lowest BCUT2D eigenvalue weighted by Gasteiger charge is -2.37. The van der Waals surface area contributed by atoms with Gasteiger partial charge in [0.25, 0.3) is 5.91 Å². The molecule has 2 fully saturated rings. The van der Waals surface area contributed by atoms with Gasteiger partial charge in [0.2, 0.25) is 17.6 Å². The van der Waals surface area contributed by atoms with Crippen LogP contribution in [-0.4, -0.2) is 94.5 Å². The van der Waals surface area contributed by atoms with Gasteiger partial charge in [-0.15, -0.1) is 0 Å². The molecule has 4 heterocycles. The van der Waals surface area contributed by atoms with Crippen molar-refractivity contribution in [3.05, 3.63) is 54.1 Å². The average Bonchev–Trinajstić information content (AvgIpc) is 3.55. The molecule has 2 aliphatic rings. The molecule has 41 heavy (non-hydrogen) atoms. The number of rotatable bonds is 7. The maximum Gasteiger partial charge on any atom is 0.414 e. The summed E-state index contributed by atoms with van der Waals surface area (Å²) in [5.74, 6) is -2.52. The number of piperazine rings is 1. The summed E-state index contributed by atoms with van der Waals surface area (Å²) >= 11 is 0. The number of imidazole rings is 1. The van der Waals surface area contributed by atoms with Crippen LogP contribution in [-0.2, 0) is 14.3 Å². The normalized spacial score (nSPS) is 17.9. The highest BCUT2D eigenvalue weighted by Gasteiger charge is 2.34. The molecule has 2 N–H and O–H groups in total. The van der Waals surface area contributed by atoms with Crippen molar-refractivity contribution in [2.75, 3.05) is 49.1 Å². The molecule has 1 aromatic carbocycles. The fourth-order valence-electron chi connectivity index (χ4n) is 4.80. The van der Waals surface area contributed by atoms with Crippen LogP contribution in [0.15, 0.2) is 36.8 Å². The number of anilines is 2. The summed E-state index contributed by atoms with van der Waals surface area (Å²) in [7, 11) is 0. The van der Waals surface area contributed by atoms with Crippen molar-refractivity contribution in [1.82, 2.24) is 29.9 Å². The van der Waals surface area contributed by atoms with Crippen LogP contribution in [0.25, 0.3) is 5.78 Å². The zero-order valence-electron chi connectivity index (χ0n) is 22.3. The van der Waals surface area contributed by atoms with Gasteiger partial charge in [-0.3, -0.25) is 23.7 Å². The number of cyclic esters (lactones) is 1. The standard InChI is InChI=1S/C26H28F2N8O5/c1-15(31-23(38)21-14-35-5-3-4-29-25(35)32-21)24(39)34-8-6-33(7-9-34)22-19(27)10-17(11-20(22)28)36-13-18(41-26(36)40)12-30-16(2)37/h3-5,10-11,14-15,18H,6-9,12-13H2,1-2H3,(H,30,37)(H,31,38). The summed E-state index contributed by atoms with van der Waals surface area (Å²) in [6, 6.07) is 2.97. The summed E-state index contributed by atoms with van der Waals surface area (Å²) in [6.07, 6.45) is 3.35. The first-order chi connectivity index (χ1) is 19.6. The number of aromatic nitrogens is 3. The number of nitrogens with one attached hydrogen (secondary N) is 2. The molecule has 0 aliphatic carbocycles. The molecule has 3 aromatic rings. The van der Waals surface area contributed by atoms with Gasteiger partial charge < -0.3 is 25.2 Å². The Morgan fingerprint density at radius 2 is 1.85 bits per heavy atom. The molecule has 0 bridgehead atoms. The van der Waals surface area contributed by atoms with Crippen molar-refractivity contribution in [2.45, 2.75) is 26.0 Å². The quantitative estimate of drug-likeness (QED) is 0.428. The minimum Gasteiger partial charge on any atom is -0.442 e. The zero-order valence-corrected chi connectivity index (χ0v) is 22.3. The van der Waals surface area contributed by atoms with Crippen LogP contribution in [0.2, 0.25) is 0 Å². The second-order valence-corrected chi connectivity index (χ2v) is 9.77. The van der Waals surface area contributed by atoms with Gasteiger partial charge in [0.05, 0.1) is 18.8 Å². The first-order valence-corrected chi connectivity index (χ1v) is 13.0. The van der Waals surface area contributed by atoms with Gasteiger partial charge in [-0.25, -0.2) is 23.5 Å². The van der Waals surface area contributed by atoms with E-state index in [-0.39, 0.29) is 68.2 Å². The van der Waals surface area contributed by atoms with E-state index >= 15 is 8.78 Å². The third-order valence-electron chi connectivity index (χ3n) is 6.86. The number of ether oxygens (including phenoxy) is 1. The Morgan fingerprint density at radius 3 is 2.51 bits per heavy atom. The third-order valence-corrected chi connectivity index (χ3v) is 6.86. The van der Waals surface area contributed by atoms with E-state index in [9.17, 15) is 19.2 Å². The summed E-state index contributed by atoms with van der Waals surface area (Å²) in [4.78, 5) is 61.3. The van der Waals surface area contributed by atoms with Crippen molar-refractivity contribution in [1.29, 1.82) is 0 Å². The first kappa shape index (κ1) is 27.7. The second-order valence-electron chi connectivity index (χ2n) is 9.77. The molecule has 0 saturated carbocycles. The minimum atomic E-state index is -0.861. The second kappa shape index (κ2) is 11.3. The van der Waals surface area contributed by atoms with Crippen LogP contribution in [0.4, 0.5) is 25.0 Å². The Labute approximate surface area is 233 Å². The van der Waals surface area contributed by atoms with Crippen LogP contribution in [0.3, 0.4) is 0 Å². The van der Waals surface area contributed by atoms with Crippen LogP contribution in [0.1, 0.15) is 24.3 Å². The molecule has 15 heteroatoms. The monoisotopic (exact) mass is 570 g/mol. The largest absolute Gasteiger partial charge is 0.442 e. The first-order valence-electron chi connectivity index (χ1n) is 13.0. The van der Waals surface area contributed by atoms with Crippen molar-refractivity contribution in [2.24, 2.45) is 0 Å². The molecule has 2 aromatic heterocycles. The van der Waals surface area contributed by atoms with E-state index < -0.39 is 35.8 Å². The number of carbonyl (C=O) groups is 4. The number of carbonyl (C=O) groups excluding carboxylic acids is 4.